The molecule has 0 bridgehead atoms. The molecule has 2 N–H and O–H groups in total. The predicted molar refractivity (Wildman–Crippen MR) is 82.6 cm³/mol. The number of nitrogens with zero attached hydrogens (tertiary/aromatic N) is 2. The second kappa shape index (κ2) is 6.47. The van der Waals surface area contributed by atoms with E-state index in [2.05, 4.69) is 27.8 Å². The van der Waals surface area contributed by atoms with Gasteiger partial charge in [0.1, 0.15) is 5.01 Å². The van der Waals surface area contributed by atoms with Crippen LogP contribution in [0.3, 0.4) is 0 Å². The highest BCUT2D eigenvalue weighted by atomic mass is 32.1. The van der Waals surface area contributed by atoms with Gasteiger partial charge in [0.15, 0.2) is 0 Å². The smallest absolute Gasteiger partial charge is 0.257 e. The second-order valence-electron chi connectivity index (χ2n) is 4.54. The average Bonchev–Trinajstić information content (AvgIpc) is 2.82. The molecule has 106 valence electrons. The summed E-state index contributed by atoms with van der Waals surface area (Å²) in [6, 6.07) is 5.63. The first-order chi connectivity index (χ1) is 9.60. The van der Waals surface area contributed by atoms with Crippen LogP contribution in [0.15, 0.2) is 18.2 Å². The Balaban J connectivity index is 2.08. The van der Waals surface area contributed by atoms with Gasteiger partial charge >= 0.3 is 0 Å². The van der Waals surface area contributed by atoms with Crippen LogP contribution in [0.5, 0.6) is 0 Å². The largest absolute Gasteiger partial charge is 0.385 e. The van der Waals surface area contributed by atoms with Crippen LogP contribution in [-0.2, 0) is 0 Å². The van der Waals surface area contributed by atoms with Crippen molar-refractivity contribution in [2.24, 2.45) is 0 Å². The molecule has 0 saturated carbocycles. The Morgan fingerprint density at radius 2 is 2.10 bits per heavy atom. The fraction of sp³-hybridized carbons (Fsp3) is 0.357. The number of hydrogen-bond acceptors (Lipinski definition) is 5. The lowest BCUT2D eigenvalue weighted by molar-refractivity contribution is 0.102. The molecule has 5 nitrogen and oxygen atoms in total. The fourth-order valence-electron chi connectivity index (χ4n) is 1.78. The number of benzene rings is 1. The third kappa shape index (κ3) is 3.54. The summed E-state index contributed by atoms with van der Waals surface area (Å²) >= 11 is 1.36. The van der Waals surface area contributed by atoms with Crippen LogP contribution < -0.4 is 10.6 Å². The Morgan fingerprint density at radius 1 is 1.30 bits per heavy atom. The van der Waals surface area contributed by atoms with Crippen molar-refractivity contribution in [2.75, 3.05) is 17.2 Å². The first-order valence-corrected chi connectivity index (χ1v) is 7.37. The fourth-order valence-corrected chi connectivity index (χ4v) is 2.37. The van der Waals surface area contributed by atoms with Gasteiger partial charge in [-0.15, -0.1) is 10.2 Å². The number of rotatable bonds is 5. The summed E-state index contributed by atoms with van der Waals surface area (Å²) < 4.78 is 0. The van der Waals surface area contributed by atoms with Gasteiger partial charge in [0.25, 0.3) is 5.91 Å². The van der Waals surface area contributed by atoms with Crippen LogP contribution in [0, 0.1) is 13.8 Å². The number of aromatic nitrogens is 2. The van der Waals surface area contributed by atoms with E-state index in [1.807, 2.05) is 32.0 Å². The van der Waals surface area contributed by atoms with Crippen LogP contribution in [-0.4, -0.2) is 22.6 Å². The molecule has 2 rings (SSSR count). The monoisotopic (exact) mass is 290 g/mol. The minimum Gasteiger partial charge on any atom is -0.385 e. The van der Waals surface area contributed by atoms with Crippen molar-refractivity contribution in [2.45, 2.75) is 27.2 Å². The Morgan fingerprint density at radius 3 is 2.70 bits per heavy atom. The van der Waals surface area contributed by atoms with E-state index in [9.17, 15) is 4.79 Å². The molecule has 1 aromatic carbocycles. The van der Waals surface area contributed by atoms with Crippen molar-refractivity contribution in [1.29, 1.82) is 0 Å². The van der Waals surface area contributed by atoms with Gasteiger partial charge in [-0.25, -0.2) is 0 Å². The predicted octanol–water partition coefficient (Wildman–Crippen LogP) is 3.23. The van der Waals surface area contributed by atoms with Crippen LogP contribution in [0.2, 0.25) is 0 Å². The van der Waals surface area contributed by atoms with Gasteiger partial charge in [-0.2, -0.15) is 0 Å². The van der Waals surface area contributed by atoms with Crippen LogP contribution in [0.25, 0.3) is 0 Å². The van der Waals surface area contributed by atoms with Gasteiger partial charge in [0.2, 0.25) is 5.13 Å². The highest BCUT2D eigenvalue weighted by molar-refractivity contribution is 7.15. The van der Waals surface area contributed by atoms with E-state index in [1.165, 1.54) is 11.3 Å². The first kappa shape index (κ1) is 14.5. The van der Waals surface area contributed by atoms with Crippen LogP contribution in [0.4, 0.5) is 10.8 Å². The van der Waals surface area contributed by atoms with Gasteiger partial charge < -0.3 is 5.32 Å². The first-order valence-electron chi connectivity index (χ1n) is 6.56. The molecule has 0 atom stereocenters. The van der Waals surface area contributed by atoms with Crippen molar-refractivity contribution in [3.8, 4) is 0 Å². The van der Waals surface area contributed by atoms with Crippen molar-refractivity contribution < 1.29 is 4.79 Å². The molecule has 0 unspecified atom stereocenters. The lowest BCUT2D eigenvalue weighted by Gasteiger charge is -2.10. The molecule has 0 saturated heterocycles. The molecule has 0 aliphatic heterocycles. The zero-order valence-corrected chi connectivity index (χ0v) is 12.7. The van der Waals surface area contributed by atoms with Crippen LogP contribution >= 0.6 is 11.3 Å². The lowest BCUT2D eigenvalue weighted by atomic mass is 10.1. The summed E-state index contributed by atoms with van der Waals surface area (Å²) in [6.45, 7) is 6.89. The minimum absolute atomic E-state index is 0.161. The summed E-state index contributed by atoms with van der Waals surface area (Å²) in [7, 11) is 0. The van der Waals surface area contributed by atoms with E-state index >= 15 is 0 Å². The van der Waals surface area contributed by atoms with E-state index in [-0.39, 0.29) is 5.91 Å². The number of hydrogen-bond donors (Lipinski definition) is 2. The third-order valence-corrected chi connectivity index (χ3v) is 3.55. The zero-order valence-electron chi connectivity index (χ0n) is 11.9. The van der Waals surface area contributed by atoms with E-state index in [1.54, 1.807) is 0 Å². The number of carbonyl (C=O) groups excluding carboxylic acids is 1. The second-order valence-corrected chi connectivity index (χ2v) is 5.72. The van der Waals surface area contributed by atoms with Crippen molar-refractivity contribution in [3.63, 3.8) is 0 Å². The molecule has 0 radical (unpaired) electrons. The number of anilines is 2. The maximum Gasteiger partial charge on any atom is 0.257 e. The number of aryl methyl sites for hydroxylation is 2. The summed E-state index contributed by atoms with van der Waals surface area (Å²) in [4.78, 5) is 12.1. The highest BCUT2D eigenvalue weighted by Gasteiger charge is 2.10. The normalized spacial score (nSPS) is 10.3. The Bertz CT molecular complexity index is 609. The van der Waals surface area contributed by atoms with Gasteiger partial charge in [-0.05, 0) is 44.0 Å². The molecule has 0 spiro atoms. The SMILES string of the molecule is CCCNc1ccc(C(=O)Nc2nnc(C)s2)cc1C. The molecule has 0 fully saturated rings. The van der Waals surface area contributed by atoms with Gasteiger partial charge in [-0.3, -0.25) is 10.1 Å². The molecule has 1 amide bonds. The summed E-state index contributed by atoms with van der Waals surface area (Å²) in [5, 5.41) is 15.2. The van der Waals surface area contributed by atoms with Crippen molar-refractivity contribution >= 4 is 28.1 Å². The maximum atomic E-state index is 12.1. The van der Waals surface area contributed by atoms with Gasteiger partial charge in [0, 0.05) is 17.8 Å². The standard InChI is InChI=1S/C14H18N4OS/c1-4-7-15-12-6-5-11(8-9(12)2)13(19)16-14-18-17-10(3)20-14/h5-6,8,15H,4,7H2,1-3H3,(H,16,18,19). The average molecular weight is 290 g/mol. The Hall–Kier alpha value is -1.95. The van der Waals surface area contributed by atoms with Crippen molar-refractivity contribution in [1.82, 2.24) is 10.2 Å². The molecule has 20 heavy (non-hydrogen) atoms. The van der Waals surface area contributed by atoms with E-state index in [4.69, 9.17) is 0 Å². The Kier molecular flexibility index (Phi) is 4.68. The summed E-state index contributed by atoms with van der Waals surface area (Å²) in [6.07, 6.45) is 1.07. The maximum absolute atomic E-state index is 12.1. The minimum atomic E-state index is -0.161. The zero-order chi connectivity index (χ0) is 14.5. The topological polar surface area (TPSA) is 66.9 Å². The highest BCUT2D eigenvalue weighted by Crippen LogP contribution is 2.19. The molecule has 0 aliphatic rings. The number of amides is 1. The van der Waals surface area contributed by atoms with Gasteiger partial charge in [0.05, 0.1) is 0 Å². The lowest BCUT2D eigenvalue weighted by Crippen LogP contribution is -2.12. The van der Waals surface area contributed by atoms with E-state index in [0.29, 0.717) is 10.7 Å². The molecule has 6 heteroatoms. The van der Waals surface area contributed by atoms with Crippen molar-refractivity contribution in [3.05, 3.63) is 34.3 Å². The van der Waals surface area contributed by atoms with E-state index in [0.717, 1.165) is 29.2 Å². The van der Waals surface area contributed by atoms with Gasteiger partial charge in [-0.1, -0.05) is 18.3 Å². The number of carbonyl (C=O) groups is 1. The van der Waals surface area contributed by atoms with E-state index < -0.39 is 0 Å². The molecule has 2 aromatic rings. The molecule has 1 aromatic heterocycles. The molecular formula is C14H18N4OS. The summed E-state index contributed by atoms with van der Waals surface area (Å²) in [5.74, 6) is -0.161. The summed E-state index contributed by atoms with van der Waals surface area (Å²) in [5.41, 5.74) is 2.74. The molecule has 0 aliphatic carbocycles. The third-order valence-electron chi connectivity index (χ3n) is 2.80. The van der Waals surface area contributed by atoms with Crippen LogP contribution in [0.1, 0.15) is 34.3 Å². The molecular weight excluding hydrogens is 272 g/mol. The quantitative estimate of drug-likeness (QED) is 0.887. The Labute approximate surface area is 122 Å². The molecule has 1 heterocycles. The number of nitrogens with one attached hydrogen (secondary N) is 2.